The van der Waals surface area contributed by atoms with Crippen LogP contribution < -0.4 is 10.5 Å². The lowest BCUT2D eigenvalue weighted by Gasteiger charge is -2.14. The van der Waals surface area contributed by atoms with Crippen molar-refractivity contribution < 1.29 is 9.15 Å². The van der Waals surface area contributed by atoms with Gasteiger partial charge >= 0.3 is 0 Å². The summed E-state index contributed by atoms with van der Waals surface area (Å²) < 4.78 is 11.1. The maximum Gasteiger partial charge on any atom is 0.253 e. The Balaban J connectivity index is 2.11. The minimum absolute atomic E-state index is 0.155. The molecule has 0 saturated heterocycles. The zero-order valence-electron chi connectivity index (χ0n) is 12.4. The van der Waals surface area contributed by atoms with Crippen LogP contribution in [0.1, 0.15) is 35.4 Å². The highest BCUT2D eigenvalue weighted by atomic mass is 16.5. The summed E-state index contributed by atoms with van der Waals surface area (Å²) in [7, 11) is 0. The first-order chi connectivity index (χ1) is 9.45. The van der Waals surface area contributed by atoms with E-state index in [1.54, 1.807) is 6.92 Å². The standard InChI is InChI=1S/C15H21N3O2/c1-9-5-13(7-11(3)16)6-10(2)15(9)19-8-14-18-17-12(4)20-14/h5-6,11H,7-8,16H2,1-4H3. The molecule has 2 rings (SSSR count). The molecule has 0 aliphatic rings. The minimum Gasteiger partial charge on any atom is -0.483 e. The van der Waals surface area contributed by atoms with E-state index in [4.69, 9.17) is 14.9 Å². The quantitative estimate of drug-likeness (QED) is 0.907. The minimum atomic E-state index is 0.155. The van der Waals surface area contributed by atoms with Gasteiger partial charge in [0.1, 0.15) is 5.75 Å². The van der Waals surface area contributed by atoms with Crippen LogP contribution in [0.2, 0.25) is 0 Å². The van der Waals surface area contributed by atoms with Crippen molar-refractivity contribution in [3.8, 4) is 5.75 Å². The largest absolute Gasteiger partial charge is 0.483 e. The lowest BCUT2D eigenvalue weighted by atomic mass is 10.0. The van der Waals surface area contributed by atoms with Crippen LogP contribution in [-0.4, -0.2) is 16.2 Å². The molecule has 0 bridgehead atoms. The Kier molecular flexibility index (Phi) is 4.39. The van der Waals surface area contributed by atoms with E-state index in [0.717, 1.165) is 23.3 Å². The maximum absolute atomic E-state index is 5.84. The molecule has 0 aliphatic heterocycles. The normalized spacial score (nSPS) is 12.4. The second-order valence-corrected chi connectivity index (χ2v) is 5.24. The van der Waals surface area contributed by atoms with Gasteiger partial charge in [-0.3, -0.25) is 0 Å². The van der Waals surface area contributed by atoms with Crippen LogP contribution in [0.25, 0.3) is 0 Å². The highest BCUT2D eigenvalue weighted by Crippen LogP contribution is 2.26. The van der Waals surface area contributed by atoms with Crippen molar-refractivity contribution in [2.24, 2.45) is 5.73 Å². The summed E-state index contributed by atoms with van der Waals surface area (Å²) in [6.07, 6.45) is 0.866. The van der Waals surface area contributed by atoms with Gasteiger partial charge in [0.15, 0.2) is 6.61 Å². The summed E-state index contributed by atoms with van der Waals surface area (Å²) in [6.45, 7) is 8.12. The molecule has 0 spiro atoms. The third-order valence-electron chi connectivity index (χ3n) is 2.99. The third-order valence-corrected chi connectivity index (χ3v) is 2.99. The number of ether oxygens (including phenoxy) is 1. The maximum atomic E-state index is 5.84. The van der Waals surface area contributed by atoms with Crippen LogP contribution in [0.15, 0.2) is 16.5 Å². The van der Waals surface area contributed by atoms with Gasteiger partial charge in [-0.25, -0.2) is 0 Å². The number of aryl methyl sites for hydroxylation is 3. The Hall–Kier alpha value is -1.88. The fraction of sp³-hybridized carbons (Fsp3) is 0.467. The summed E-state index contributed by atoms with van der Waals surface area (Å²) in [5.74, 6) is 1.90. The summed E-state index contributed by atoms with van der Waals surface area (Å²) in [6, 6.07) is 4.39. The van der Waals surface area contributed by atoms with Crippen molar-refractivity contribution in [2.75, 3.05) is 0 Å². The second kappa shape index (κ2) is 6.05. The number of hydrogen-bond donors (Lipinski definition) is 1. The summed E-state index contributed by atoms with van der Waals surface area (Å²) in [4.78, 5) is 0. The molecule has 1 aromatic heterocycles. The lowest BCUT2D eigenvalue weighted by Crippen LogP contribution is -2.18. The SMILES string of the molecule is Cc1nnc(COc2c(C)cc(CC(C)N)cc2C)o1. The van der Waals surface area contributed by atoms with Crippen LogP contribution >= 0.6 is 0 Å². The fourth-order valence-electron chi connectivity index (χ4n) is 2.29. The van der Waals surface area contributed by atoms with E-state index in [1.807, 2.05) is 20.8 Å². The monoisotopic (exact) mass is 275 g/mol. The highest BCUT2D eigenvalue weighted by Gasteiger charge is 2.10. The predicted molar refractivity (Wildman–Crippen MR) is 76.6 cm³/mol. The lowest BCUT2D eigenvalue weighted by molar-refractivity contribution is 0.257. The van der Waals surface area contributed by atoms with E-state index in [9.17, 15) is 0 Å². The first kappa shape index (κ1) is 14.5. The molecule has 2 N–H and O–H groups in total. The third kappa shape index (κ3) is 3.57. The van der Waals surface area contributed by atoms with Gasteiger partial charge in [-0.05, 0) is 43.9 Å². The number of rotatable bonds is 5. The summed E-state index contributed by atoms with van der Waals surface area (Å²) in [5, 5.41) is 7.70. The van der Waals surface area contributed by atoms with Gasteiger partial charge in [-0.1, -0.05) is 12.1 Å². The van der Waals surface area contributed by atoms with E-state index in [2.05, 4.69) is 22.3 Å². The molecular weight excluding hydrogens is 254 g/mol. The molecule has 0 saturated carbocycles. The average Bonchev–Trinajstić information content (AvgIpc) is 2.73. The van der Waals surface area contributed by atoms with Gasteiger partial charge in [-0.15, -0.1) is 10.2 Å². The van der Waals surface area contributed by atoms with Crippen LogP contribution in [0.4, 0.5) is 0 Å². The van der Waals surface area contributed by atoms with Crippen LogP contribution in [0.3, 0.4) is 0 Å². The molecule has 0 amide bonds. The van der Waals surface area contributed by atoms with E-state index in [-0.39, 0.29) is 12.6 Å². The second-order valence-electron chi connectivity index (χ2n) is 5.24. The van der Waals surface area contributed by atoms with Crippen LogP contribution in [-0.2, 0) is 13.0 Å². The van der Waals surface area contributed by atoms with Crippen molar-refractivity contribution in [1.82, 2.24) is 10.2 Å². The fourth-order valence-corrected chi connectivity index (χ4v) is 2.29. The van der Waals surface area contributed by atoms with E-state index in [0.29, 0.717) is 11.8 Å². The summed E-state index contributed by atoms with van der Waals surface area (Å²) >= 11 is 0. The van der Waals surface area contributed by atoms with Gasteiger partial charge in [0.25, 0.3) is 5.89 Å². The Morgan fingerprint density at radius 2 is 1.85 bits per heavy atom. The number of nitrogens with two attached hydrogens (primary N) is 1. The van der Waals surface area contributed by atoms with Gasteiger partial charge in [0.2, 0.25) is 5.89 Å². The van der Waals surface area contributed by atoms with E-state index >= 15 is 0 Å². The zero-order valence-corrected chi connectivity index (χ0v) is 12.4. The topological polar surface area (TPSA) is 74.2 Å². The molecule has 1 aromatic carbocycles. The highest BCUT2D eigenvalue weighted by molar-refractivity contribution is 5.43. The van der Waals surface area contributed by atoms with Crippen molar-refractivity contribution >= 4 is 0 Å². The molecule has 0 aliphatic carbocycles. The van der Waals surface area contributed by atoms with Crippen molar-refractivity contribution in [1.29, 1.82) is 0 Å². The number of hydrogen-bond acceptors (Lipinski definition) is 5. The van der Waals surface area contributed by atoms with Crippen molar-refractivity contribution in [3.63, 3.8) is 0 Å². The molecule has 0 radical (unpaired) electrons. The Bertz CT molecular complexity index is 568. The van der Waals surface area contributed by atoms with Crippen molar-refractivity contribution in [2.45, 2.75) is 46.8 Å². The number of nitrogens with zero attached hydrogens (tertiary/aromatic N) is 2. The number of benzene rings is 1. The van der Waals surface area contributed by atoms with Gasteiger partial charge in [-0.2, -0.15) is 0 Å². The first-order valence-corrected chi connectivity index (χ1v) is 6.73. The Morgan fingerprint density at radius 3 is 2.35 bits per heavy atom. The molecular formula is C15H21N3O2. The molecule has 108 valence electrons. The molecule has 1 heterocycles. The van der Waals surface area contributed by atoms with E-state index < -0.39 is 0 Å². The molecule has 20 heavy (non-hydrogen) atoms. The number of aromatic nitrogens is 2. The zero-order chi connectivity index (χ0) is 14.7. The van der Waals surface area contributed by atoms with Crippen LogP contribution in [0, 0.1) is 20.8 Å². The van der Waals surface area contributed by atoms with Crippen molar-refractivity contribution in [3.05, 3.63) is 40.6 Å². The van der Waals surface area contributed by atoms with Gasteiger partial charge in [0.05, 0.1) is 0 Å². The summed E-state index contributed by atoms with van der Waals surface area (Å²) in [5.41, 5.74) is 9.26. The Labute approximate surface area is 119 Å². The van der Waals surface area contributed by atoms with Gasteiger partial charge in [0, 0.05) is 13.0 Å². The van der Waals surface area contributed by atoms with Gasteiger partial charge < -0.3 is 14.9 Å². The Morgan fingerprint density at radius 1 is 1.20 bits per heavy atom. The smallest absolute Gasteiger partial charge is 0.253 e. The molecule has 5 heteroatoms. The molecule has 5 nitrogen and oxygen atoms in total. The first-order valence-electron chi connectivity index (χ1n) is 6.73. The molecule has 1 atom stereocenters. The predicted octanol–water partition coefficient (Wildman–Crippen LogP) is 2.46. The van der Waals surface area contributed by atoms with Crippen LogP contribution in [0.5, 0.6) is 5.75 Å². The molecule has 2 aromatic rings. The molecule has 0 fully saturated rings. The van der Waals surface area contributed by atoms with E-state index in [1.165, 1.54) is 5.56 Å². The average molecular weight is 275 g/mol. The molecule has 1 unspecified atom stereocenters.